The third-order valence-electron chi connectivity index (χ3n) is 4.08. The normalized spacial score (nSPS) is 22.8. The first-order chi connectivity index (χ1) is 9.96. The van der Waals surface area contributed by atoms with Gasteiger partial charge in [-0.1, -0.05) is 54.6 Å². The average Bonchev–Trinajstić information content (AvgIpc) is 2.69. The fourth-order valence-corrected chi connectivity index (χ4v) is 3.27. The van der Waals surface area contributed by atoms with Crippen LogP contribution < -0.4 is 0 Å². The van der Waals surface area contributed by atoms with Crippen molar-refractivity contribution >= 4 is 5.97 Å². The van der Waals surface area contributed by atoms with Crippen molar-refractivity contribution in [2.75, 3.05) is 0 Å². The summed E-state index contributed by atoms with van der Waals surface area (Å²) < 4.78 is 6.32. The third-order valence-corrected chi connectivity index (χ3v) is 4.08. The topological polar surface area (TPSA) is 46.5 Å². The Morgan fingerprint density at radius 3 is 2.19 bits per heavy atom. The summed E-state index contributed by atoms with van der Waals surface area (Å²) >= 11 is 0. The highest BCUT2D eigenvalue weighted by Crippen LogP contribution is 2.52. The van der Waals surface area contributed by atoms with E-state index in [4.69, 9.17) is 4.74 Å². The number of rotatable bonds is 3. The van der Waals surface area contributed by atoms with Crippen molar-refractivity contribution in [2.24, 2.45) is 0 Å². The van der Waals surface area contributed by atoms with Crippen LogP contribution in [0.5, 0.6) is 0 Å². The Morgan fingerprint density at radius 1 is 1.00 bits per heavy atom. The van der Waals surface area contributed by atoms with Crippen LogP contribution in [0.25, 0.3) is 0 Å². The highest BCUT2D eigenvalue weighted by atomic mass is 16.5. The maximum absolute atomic E-state index is 11.5. The van der Waals surface area contributed by atoms with Gasteiger partial charge in [-0.15, -0.1) is 0 Å². The molecule has 108 valence electrons. The molecule has 3 rings (SSSR count). The number of carboxylic acid groups (broad SMARTS) is 1. The van der Waals surface area contributed by atoms with Crippen molar-refractivity contribution in [3.8, 4) is 0 Å². The molecular weight excluding hydrogens is 264 g/mol. The number of carboxylic acids is 1. The molecule has 1 heterocycles. The first kappa shape index (κ1) is 13.8. The van der Waals surface area contributed by atoms with E-state index in [1.54, 1.807) is 0 Å². The SMILES string of the molecule is CC1(C)O[C@](CC(=O)O)(c2ccccc2)c2ccccc21. The van der Waals surface area contributed by atoms with Gasteiger partial charge in [0.2, 0.25) is 0 Å². The number of benzene rings is 2. The number of ether oxygens (including phenoxy) is 1. The molecule has 1 atom stereocenters. The van der Waals surface area contributed by atoms with E-state index in [1.807, 2.05) is 68.4 Å². The summed E-state index contributed by atoms with van der Waals surface area (Å²) in [6.07, 6.45) is -0.0859. The largest absolute Gasteiger partial charge is 0.481 e. The van der Waals surface area contributed by atoms with Gasteiger partial charge in [0.15, 0.2) is 0 Å². The second kappa shape index (κ2) is 4.71. The maximum atomic E-state index is 11.5. The Bertz CT molecular complexity index is 676. The second-order valence-corrected chi connectivity index (χ2v) is 5.92. The van der Waals surface area contributed by atoms with Crippen molar-refractivity contribution in [2.45, 2.75) is 31.5 Å². The third kappa shape index (κ3) is 2.14. The van der Waals surface area contributed by atoms with Crippen LogP contribution >= 0.6 is 0 Å². The van der Waals surface area contributed by atoms with Gasteiger partial charge in [-0.25, -0.2) is 0 Å². The van der Waals surface area contributed by atoms with E-state index in [-0.39, 0.29) is 6.42 Å². The van der Waals surface area contributed by atoms with Crippen molar-refractivity contribution in [3.63, 3.8) is 0 Å². The summed E-state index contributed by atoms with van der Waals surface area (Å²) in [5.41, 5.74) is 1.44. The van der Waals surface area contributed by atoms with E-state index in [0.717, 1.165) is 16.7 Å². The molecular formula is C18H18O3. The van der Waals surface area contributed by atoms with E-state index in [0.29, 0.717) is 0 Å². The van der Waals surface area contributed by atoms with Crippen molar-refractivity contribution in [1.29, 1.82) is 0 Å². The molecule has 0 spiro atoms. The van der Waals surface area contributed by atoms with Crippen LogP contribution in [0, 0.1) is 0 Å². The first-order valence-corrected chi connectivity index (χ1v) is 7.03. The lowest BCUT2D eigenvalue weighted by molar-refractivity contribution is -0.151. The van der Waals surface area contributed by atoms with Gasteiger partial charge in [-0.05, 0) is 30.5 Å². The zero-order chi connectivity index (χ0) is 15.1. The molecule has 0 fully saturated rings. The highest BCUT2D eigenvalue weighted by Gasteiger charge is 2.50. The van der Waals surface area contributed by atoms with Gasteiger partial charge in [0.1, 0.15) is 5.60 Å². The predicted octanol–water partition coefficient (Wildman–Crippen LogP) is 3.67. The first-order valence-electron chi connectivity index (χ1n) is 7.03. The summed E-state index contributed by atoms with van der Waals surface area (Å²) in [6.45, 7) is 3.97. The van der Waals surface area contributed by atoms with Gasteiger partial charge in [-0.2, -0.15) is 0 Å². The van der Waals surface area contributed by atoms with Crippen molar-refractivity contribution in [1.82, 2.24) is 0 Å². The van der Waals surface area contributed by atoms with Gasteiger partial charge >= 0.3 is 5.97 Å². The maximum Gasteiger partial charge on any atom is 0.307 e. The second-order valence-electron chi connectivity index (χ2n) is 5.92. The van der Waals surface area contributed by atoms with Gasteiger partial charge in [0.05, 0.1) is 12.0 Å². The molecule has 0 saturated carbocycles. The van der Waals surface area contributed by atoms with Crippen LogP contribution in [0.2, 0.25) is 0 Å². The summed E-state index contributed by atoms with van der Waals surface area (Å²) in [7, 11) is 0. The van der Waals surface area contributed by atoms with E-state index >= 15 is 0 Å². The van der Waals surface area contributed by atoms with Crippen LogP contribution in [-0.2, 0) is 20.7 Å². The van der Waals surface area contributed by atoms with Gasteiger partial charge in [0, 0.05) is 0 Å². The minimum atomic E-state index is -0.923. The zero-order valence-corrected chi connectivity index (χ0v) is 12.2. The van der Waals surface area contributed by atoms with Crippen LogP contribution in [-0.4, -0.2) is 11.1 Å². The average molecular weight is 282 g/mol. The lowest BCUT2D eigenvalue weighted by Gasteiger charge is -2.32. The summed E-state index contributed by atoms with van der Waals surface area (Å²) in [5.74, 6) is -0.869. The summed E-state index contributed by atoms with van der Waals surface area (Å²) in [6, 6.07) is 17.5. The number of aliphatic carboxylic acids is 1. The number of hydrogen-bond donors (Lipinski definition) is 1. The molecule has 2 aromatic rings. The summed E-state index contributed by atoms with van der Waals surface area (Å²) in [5, 5.41) is 9.42. The van der Waals surface area contributed by atoms with Crippen LogP contribution in [0.3, 0.4) is 0 Å². The number of fused-ring (bicyclic) bond motifs is 1. The molecule has 0 aromatic heterocycles. The van der Waals surface area contributed by atoms with Crippen LogP contribution in [0.4, 0.5) is 0 Å². The Hall–Kier alpha value is -2.13. The quantitative estimate of drug-likeness (QED) is 0.934. The van der Waals surface area contributed by atoms with Gasteiger partial charge in [0.25, 0.3) is 0 Å². The molecule has 3 nitrogen and oxygen atoms in total. The predicted molar refractivity (Wildman–Crippen MR) is 80.0 cm³/mol. The fourth-order valence-electron chi connectivity index (χ4n) is 3.27. The molecule has 21 heavy (non-hydrogen) atoms. The Balaban J connectivity index is 2.26. The smallest absolute Gasteiger partial charge is 0.307 e. The van der Waals surface area contributed by atoms with Gasteiger partial charge < -0.3 is 9.84 Å². The minimum absolute atomic E-state index is 0.0859. The Kier molecular flexibility index (Phi) is 3.10. The lowest BCUT2D eigenvalue weighted by atomic mass is 9.82. The molecule has 0 unspecified atom stereocenters. The molecule has 0 amide bonds. The molecule has 1 aliphatic heterocycles. The Morgan fingerprint density at radius 2 is 1.57 bits per heavy atom. The summed E-state index contributed by atoms with van der Waals surface area (Å²) in [4.78, 5) is 11.5. The number of carbonyl (C=O) groups is 1. The molecule has 0 bridgehead atoms. The molecule has 0 radical (unpaired) electrons. The zero-order valence-electron chi connectivity index (χ0n) is 12.2. The van der Waals surface area contributed by atoms with E-state index in [2.05, 4.69) is 0 Å². The lowest BCUT2D eigenvalue weighted by Crippen LogP contribution is -2.33. The van der Waals surface area contributed by atoms with E-state index in [9.17, 15) is 9.90 Å². The highest BCUT2D eigenvalue weighted by molar-refractivity contribution is 5.71. The molecule has 0 saturated heterocycles. The monoisotopic (exact) mass is 282 g/mol. The van der Waals surface area contributed by atoms with Crippen LogP contribution in [0.15, 0.2) is 54.6 Å². The van der Waals surface area contributed by atoms with Gasteiger partial charge in [-0.3, -0.25) is 4.79 Å². The molecule has 3 heteroatoms. The van der Waals surface area contributed by atoms with Crippen molar-refractivity contribution in [3.05, 3.63) is 71.3 Å². The van der Waals surface area contributed by atoms with Crippen LogP contribution in [0.1, 0.15) is 37.0 Å². The minimum Gasteiger partial charge on any atom is -0.481 e. The molecule has 1 aliphatic rings. The molecule has 0 aliphatic carbocycles. The standard InChI is InChI=1S/C18H18O3/c1-17(2)14-10-6-7-11-15(14)18(21-17,12-16(19)20)13-8-4-3-5-9-13/h3-11H,12H2,1-2H3,(H,19,20)/t18-/m1/s1. The van der Waals surface area contributed by atoms with Crippen molar-refractivity contribution < 1.29 is 14.6 Å². The van der Waals surface area contributed by atoms with E-state index in [1.165, 1.54) is 0 Å². The number of hydrogen-bond acceptors (Lipinski definition) is 2. The Labute approximate surface area is 124 Å². The molecule has 1 N–H and O–H groups in total. The molecule has 2 aromatic carbocycles. The van der Waals surface area contributed by atoms with E-state index < -0.39 is 17.2 Å². The fraction of sp³-hybridized carbons (Fsp3) is 0.278.